The molecule has 0 spiro atoms. The zero-order valence-electron chi connectivity index (χ0n) is 9.25. The molecule has 17 heavy (non-hydrogen) atoms. The molecule has 5 heteroatoms. The number of hydrogen-bond donors (Lipinski definition) is 1. The average Bonchev–Trinajstić information content (AvgIpc) is 2.40. The molecule has 2 heterocycles. The van der Waals surface area contributed by atoms with Gasteiger partial charge >= 0.3 is 0 Å². The molecule has 0 bridgehead atoms. The van der Waals surface area contributed by atoms with E-state index in [1.165, 1.54) is 0 Å². The van der Waals surface area contributed by atoms with Crippen LogP contribution in [0.5, 0.6) is 0 Å². The SMILES string of the molecule is COC1(N=C=S)NC=CC=C1c1ccncc1. The van der Waals surface area contributed by atoms with Crippen LogP contribution in [0.15, 0.2) is 47.9 Å². The summed E-state index contributed by atoms with van der Waals surface area (Å²) in [5, 5.41) is 5.40. The highest BCUT2D eigenvalue weighted by atomic mass is 32.1. The lowest BCUT2D eigenvalue weighted by Gasteiger charge is -2.31. The van der Waals surface area contributed by atoms with Gasteiger partial charge in [0.05, 0.1) is 5.16 Å². The van der Waals surface area contributed by atoms with Gasteiger partial charge in [-0.2, -0.15) is 4.99 Å². The lowest BCUT2D eigenvalue weighted by atomic mass is 10.00. The molecule has 1 aliphatic heterocycles. The molecule has 1 aromatic rings. The maximum absolute atomic E-state index is 5.44. The first-order valence-corrected chi connectivity index (χ1v) is 5.43. The first kappa shape index (κ1) is 11.7. The first-order valence-electron chi connectivity index (χ1n) is 5.02. The molecule has 0 fully saturated rings. The second-order valence-corrected chi connectivity index (χ2v) is 3.55. The number of dihydropyridines is 1. The van der Waals surface area contributed by atoms with E-state index in [4.69, 9.17) is 4.74 Å². The number of hydrogen-bond acceptors (Lipinski definition) is 5. The molecule has 1 unspecified atom stereocenters. The Hall–Kier alpha value is -1.81. The van der Waals surface area contributed by atoms with Crippen molar-refractivity contribution in [2.75, 3.05) is 7.11 Å². The molecule has 86 valence electrons. The molecular formula is C12H11N3OS. The van der Waals surface area contributed by atoms with Gasteiger partial charge in [0.1, 0.15) is 0 Å². The fraction of sp³-hybridized carbons (Fsp3) is 0.167. The van der Waals surface area contributed by atoms with Gasteiger partial charge in [-0.05, 0) is 36.0 Å². The van der Waals surface area contributed by atoms with Crippen molar-refractivity contribution in [1.82, 2.24) is 10.3 Å². The van der Waals surface area contributed by atoms with Crippen LogP contribution in [0.3, 0.4) is 0 Å². The van der Waals surface area contributed by atoms with Crippen LogP contribution < -0.4 is 5.32 Å². The number of allylic oxidation sites excluding steroid dienone is 2. The number of thiocarbonyl (C=S) groups is 1. The van der Waals surface area contributed by atoms with Crippen molar-refractivity contribution in [3.05, 3.63) is 48.4 Å². The van der Waals surface area contributed by atoms with Crippen LogP contribution in [0.1, 0.15) is 5.56 Å². The minimum Gasteiger partial charge on any atom is -0.341 e. The number of aromatic nitrogens is 1. The summed E-state index contributed by atoms with van der Waals surface area (Å²) in [6, 6.07) is 3.78. The Labute approximate surface area is 105 Å². The van der Waals surface area contributed by atoms with E-state index in [2.05, 4.69) is 32.7 Å². The number of aliphatic imine (C=N–C) groups is 1. The number of isothiocyanates is 1. The maximum Gasteiger partial charge on any atom is 0.273 e. The van der Waals surface area contributed by atoms with Crippen LogP contribution in [-0.2, 0) is 4.74 Å². The van der Waals surface area contributed by atoms with Gasteiger partial charge in [-0.25, -0.2) is 0 Å². The van der Waals surface area contributed by atoms with E-state index in [-0.39, 0.29) is 0 Å². The van der Waals surface area contributed by atoms with Gasteiger partial charge < -0.3 is 10.1 Å². The molecule has 0 aliphatic carbocycles. The van der Waals surface area contributed by atoms with E-state index in [1.807, 2.05) is 24.3 Å². The summed E-state index contributed by atoms with van der Waals surface area (Å²) >= 11 is 4.67. The third-order valence-corrected chi connectivity index (χ3v) is 2.58. The molecule has 1 aliphatic rings. The number of ether oxygens (including phenoxy) is 1. The van der Waals surface area contributed by atoms with E-state index >= 15 is 0 Å². The van der Waals surface area contributed by atoms with Crippen molar-refractivity contribution in [2.45, 2.75) is 5.85 Å². The topological polar surface area (TPSA) is 46.5 Å². The molecule has 1 atom stereocenters. The smallest absolute Gasteiger partial charge is 0.273 e. The highest BCUT2D eigenvalue weighted by Crippen LogP contribution is 2.31. The molecule has 0 saturated heterocycles. The number of pyridine rings is 1. The van der Waals surface area contributed by atoms with E-state index in [1.54, 1.807) is 25.7 Å². The molecule has 2 rings (SSSR count). The fourth-order valence-corrected chi connectivity index (χ4v) is 1.82. The Balaban J connectivity index is 2.52. The zero-order chi connectivity index (χ0) is 12.1. The van der Waals surface area contributed by atoms with Gasteiger partial charge in [0.15, 0.2) is 0 Å². The summed E-state index contributed by atoms with van der Waals surface area (Å²) in [6.45, 7) is 0. The summed E-state index contributed by atoms with van der Waals surface area (Å²) in [6.07, 6.45) is 8.99. The van der Waals surface area contributed by atoms with Crippen LogP contribution in [0, 0.1) is 0 Å². The number of methoxy groups -OCH3 is 1. The standard InChI is InChI=1S/C12H11N3OS/c1-16-12(15-9-17)11(3-2-6-14-12)10-4-7-13-8-5-10/h2-8,14H,1H3. The molecule has 1 N–H and O–H groups in total. The normalized spacial score (nSPS) is 22.3. The van der Waals surface area contributed by atoms with Gasteiger partial charge in [-0.15, -0.1) is 0 Å². The first-order chi connectivity index (χ1) is 8.32. The second-order valence-electron chi connectivity index (χ2n) is 3.37. The van der Waals surface area contributed by atoms with E-state index < -0.39 is 5.85 Å². The van der Waals surface area contributed by atoms with Crippen molar-refractivity contribution >= 4 is 23.0 Å². The quantitative estimate of drug-likeness (QED) is 0.653. The summed E-state index contributed by atoms with van der Waals surface area (Å²) in [5.41, 5.74) is 1.83. The van der Waals surface area contributed by atoms with E-state index in [9.17, 15) is 0 Å². The number of nitrogens with one attached hydrogen (secondary N) is 1. The molecule has 0 aromatic carbocycles. The molecule has 0 amide bonds. The van der Waals surface area contributed by atoms with Gasteiger partial charge in [0.25, 0.3) is 5.85 Å². The van der Waals surface area contributed by atoms with Crippen LogP contribution in [0.25, 0.3) is 5.57 Å². The summed E-state index contributed by atoms with van der Waals surface area (Å²) in [7, 11) is 1.57. The second kappa shape index (κ2) is 5.01. The lowest BCUT2D eigenvalue weighted by molar-refractivity contribution is 0.0313. The molecule has 0 radical (unpaired) electrons. The monoisotopic (exact) mass is 245 g/mol. The molecule has 1 aromatic heterocycles. The minimum atomic E-state index is -1.00. The van der Waals surface area contributed by atoms with Gasteiger partial charge in [-0.3, -0.25) is 4.98 Å². The largest absolute Gasteiger partial charge is 0.341 e. The average molecular weight is 245 g/mol. The molecule has 0 saturated carbocycles. The third kappa shape index (κ3) is 2.17. The molecular weight excluding hydrogens is 234 g/mol. The maximum atomic E-state index is 5.44. The van der Waals surface area contributed by atoms with E-state index in [0.717, 1.165) is 11.1 Å². The Morgan fingerprint density at radius 1 is 1.47 bits per heavy atom. The van der Waals surface area contributed by atoms with Crippen molar-refractivity contribution in [1.29, 1.82) is 0 Å². The number of rotatable bonds is 3. The van der Waals surface area contributed by atoms with Crippen LogP contribution in [0.2, 0.25) is 0 Å². The highest BCUT2D eigenvalue weighted by Gasteiger charge is 2.35. The minimum absolute atomic E-state index is 0.863. The predicted octanol–water partition coefficient (Wildman–Crippen LogP) is 1.98. The molecule has 4 nitrogen and oxygen atoms in total. The Morgan fingerprint density at radius 2 is 2.24 bits per heavy atom. The Morgan fingerprint density at radius 3 is 2.88 bits per heavy atom. The number of nitrogens with zero attached hydrogens (tertiary/aromatic N) is 2. The van der Waals surface area contributed by atoms with Crippen LogP contribution in [0.4, 0.5) is 0 Å². The Bertz CT molecular complexity index is 506. The van der Waals surface area contributed by atoms with Crippen molar-refractivity contribution in [3.8, 4) is 0 Å². The fourth-order valence-electron chi connectivity index (χ4n) is 1.69. The summed E-state index contributed by atoms with van der Waals surface area (Å²) < 4.78 is 5.44. The third-order valence-electron chi connectivity index (χ3n) is 2.49. The van der Waals surface area contributed by atoms with Crippen LogP contribution >= 0.6 is 12.2 Å². The van der Waals surface area contributed by atoms with Gasteiger partial charge in [0, 0.05) is 31.3 Å². The van der Waals surface area contributed by atoms with Crippen molar-refractivity contribution in [2.24, 2.45) is 4.99 Å². The lowest BCUT2D eigenvalue weighted by Crippen LogP contribution is -2.44. The van der Waals surface area contributed by atoms with Gasteiger partial charge in [0.2, 0.25) is 0 Å². The zero-order valence-corrected chi connectivity index (χ0v) is 10.1. The predicted molar refractivity (Wildman–Crippen MR) is 69.3 cm³/mol. The van der Waals surface area contributed by atoms with Crippen molar-refractivity contribution in [3.63, 3.8) is 0 Å². The van der Waals surface area contributed by atoms with Crippen LogP contribution in [-0.4, -0.2) is 23.1 Å². The van der Waals surface area contributed by atoms with Crippen molar-refractivity contribution < 1.29 is 4.74 Å². The summed E-state index contributed by atoms with van der Waals surface area (Å²) in [5.74, 6) is -1.00. The highest BCUT2D eigenvalue weighted by molar-refractivity contribution is 7.78. The summed E-state index contributed by atoms with van der Waals surface area (Å²) in [4.78, 5) is 8.07. The Kier molecular flexibility index (Phi) is 3.44. The van der Waals surface area contributed by atoms with E-state index in [0.29, 0.717) is 0 Å². The van der Waals surface area contributed by atoms with Gasteiger partial charge in [-0.1, -0.05) is 6.08 Å².